The van der Waals surface area contributed by atoms with E-state index >= 15 is 0 Å². The second-order valence-electron chi connectivity index (χ2n) is 5.68. The van der Waals surface area contributed by atoms with Crippen LogP contribution in [-0.2, 0) is 18.4 Å². The molecule has 3 rings (SSSR count). The molecule has 0 fully saturated rings. The van der Waals surface area contributed by atoms with E-state index in [4.69, 9.17) is 17.0 Å². The van der Waals surface area contributed by atoms with Gasteiger partial charge in [-0.3, -0.25) is 13.9 Å². The van der Waals surface area contributed by atoms with Crippen LogP contribution in [0.25, 0.3) is 5.69 Å². The maximum Gasteiger partial charge on any atom is 0.339 e. The van der Waals surface area contributed by atoms with Crippen molar-refractivity contribution in [1.82, 2.24) is 13.7 Å². The van der Waals surface area contributed by atoms with Crippen molar-refractivity contribution in [2.45, 2.75) is 20.4 Å². The molecule has 0 saturated heterocycles. The smallest absolute Gasteiger partial charge is 0.339 e. The molecule has 2 aromatic rings. The summed E-state index contributed by atoms with van der Waals surface area (Å²) >= 11 is 5.11. The van der Waals surface area contributed by atoms with Crippen LogP contribution in [-0.4, -0.2) is 32.8 Å². The van der Waals surface area contributed by atoms with E-state index in [0.717, 1.165) is 10.6 Å². The summed E-state index contributed by atoms with van der Waals surface area (Å²) in [4.78, 5) is 38.7. The number of halogens is 1. The van der Waals surface area contributed by atoms with Crippen LogP contribution < -0.4 is 21.0 Å². The van der Waals surface area contributed by atoms with Gasteiger partial charge in [0.2, 0.25) is 0 Å². The van der Waals surface area contributed by atoms with Gasteiger partial charge in [0.05, 0.1) is 11.4 Å². The van der Waals surface area contributed by atoms with Gasteiger partial charge in [-0.1, -0.05) is 0 Å². The third-order valence-corrected chi connectivity index (χ3v) is 4.76. The molecule has 138 valence electrons. The van der Waals surface area contributed by atoms with Crippen molar-refractivity contribution in [1.29, 1.82) is 0 Å². The first-order valence-corrected chi connectivity index (χ1v) is 8.42. The number of benzene rings is 1. The van der Waals surface area contributed by atoms with Crippen LogP contribution in [0.5, 0.6) is 5.75 Å². The maximum absolute atomic E-state index is 14.7. The van der Waals surface area contributed by atoms with Gasteiger partial charge in [-0.2, -0.15) is 0 Å². The molecule has 1 aromatic heterocycles. The number of aromatic nitrogens is 3. The molecule has 1 aliphatic heterocycles. The fourth-order valence-electron chi connectivity index (χ4n) is 2.90. The first kappa shape index (κ1) is 18.1. The molecule has 0 atom stereocenters. The lowest BCUT2D eigenvalue weighted by Gasteiger charge is -2.29. The van der Waals surface area contributed by atoms with Gasteiger partial charge >= 0.3 is 11.4 Å². The van der Waals surface area contributed by atoms with E-state index < -0.39 is 17.2 Å². The summed E-state index contributed by atoms with van der Waals surface area (Å²) in [6.45, 7) is 3.83. The van der Waals surface area contributed by atoms with E-state index in [2.05, 4.69) is 0 Å². The normalized spacial score (nSPS) is 13.5. The summed E-state index contributed by atoms with van der Waals surface area (Å²) in [5, 5.41) is 0. The third-order valence-electron chi connectivity index (χ3n) is 4.26. The summed E-state index contributed by atoms with van der Waals surface area (Å²) in [6.07, 6.45) is 0. The summed E-state index contributed by atoms with van der Waals surface area (Å²) in [5.41, 5.74) is -1.47. The minimum Gasteiger partial charge on any atom is -0.481 e. The van der Waals surface area contributed by atoms with E-state index in [1.54, 1.807) is 13.8 Å². The highest BCUT2D eigenvalue weighted by Gasteiger charge is 2.27. The second-order valence-corrected chi connectivity index (χ2v) is 6.05. The third kappa shape index (κ3) is 2.57. The van der Waals surface area contributed by atoms with Gasteiger partial charge in [-0.25, -0.2) is 18.5 Å². The van der Waals surface area contributed by atoms with E-state index in [1.807, 2.05) is 0 Å². The van der Waals surface area contributed by atoms with Crippen LogP contribution in [0.2, 0.25) is 0 Å². The number of nitrogens with zero attached hydrogens (tertiary/aromatic N) is 4. The molecule has 0 spiro atoms. The Morgan fingerprint density at radius 2 is 1.81 bits per heavy atom. The zero-order valence-electron chi connectivity index (χ0n) is 14.5. The van der Waals surface area contributed by atoms with E-state index in [0.29, 0.717) is 16.8 Å². The molecule has 10 heteroatoms. The average molecular weight is 380 g/mol. The lowest BCUT2D eigenvalue weighted by molar-refractivity contribution is -0.121. The first-order chi connectivity index (χ1) is 12.3. The Bertz CT molecular complexity index is 1090. The molecule has 1 aromatic carbocycles. The van der Waals surface area contributed by atoms with Crippen molar-refractivity contribution in [3.63, 3.8) is 0 Å². The Morgan fingerprint density at radius 1 is 1.12 bits per heavy atom. The number of carbonyl (C=O) groups excluding carboxylic acids is 1. The quantitative estimate of drug-likeness (QED) is 0.742. The summed E-state index contributed by atoms with van der Waals surface area (Å²) in [6, 6.07) is 2.35. The van der Waals surface area contributed by atoms with Crippen LogP contribution in [0.1, 0.15) is 13.8 Å². The van der Waals surface area contributed by atoms with Crippen molar-refractivity contribution in [2.75, 3.05) is 18.1 Å². The van der Waals surface area contributed by atoms with Crippen LogP contribution in [0.3, 0.4) is 0 Å². The Morgan fingerprint density at radius 3 is 2.42 bits per heavy atom. The van der Waals surface area contributed by atoms with Gasteiger partial charge in [0.15, 0.2) is 17.2 Å². The average Bonchev–Trinajstić information content (AvgIpc) is 2.61. The fraction of sp³-hybridized carbons (Fsp3) is 0.375. The van der Waals surface area contributed by atoms with Crippen LogP contribution in [0, 0.1) is 10.6 Å². The molecule has 1 amide bonds. The Labute approximate surface area is 152 Å². The monoisotopic (exact) mass is 380 g/mol. The molecule has 0 aliphatic carbocycles. The molecule has 0 unspecified atom stereocenters. The van der Waals surface area contributed by atoms with Gasteiger partial charge in [0.1, 0.15) is 5.75 Å². The zero-order valence-corrected chi connectivity index (χ0v) is 15.3. The van der Waals surface area contributed by atoms with Gasteiger partial charge in [-0.15, -0.1) is 0 Å². The number of rotatable bonds is 3. The molecule has 0 N–H and O–H groups in total. The molecule has 8 nitrogen and oxygen atoms in total. The Balaban J connectivity index is 2.37. The van der Waals surface area contributed by atoms with Gasteiger partial charge in [0, 0.05) is 26.2 Å². The molecule has 0 radical (unpaired) electrons. The largest absolute Gasteiger partial charge is 0.481 e. The zero-order chi connectivity index (χ0) is 19.2. The predicted molar refractivity (Wildman–Crippen MR) is 95.3 cm³/mol. The number of fused-ring (bicyclic) bond motifs is 1. The highest BCUT2D eigenvalue weighted by Crippen LogP contribution is 2.35. The van der Waals surface area contributed by atoms with E-state index in [-0.39, 0.29) is 35.3 Å². The number of hydrogen-bond acceptors (Lipinski definition) is 5. The summed E-state index contributed by atoms with van der Waals surface area (Å²) in [5.74, 6) is -0.920. The Hall–Kier alpha value is -2.75. The van der Waals surface area contributed by atoms with Gasteiger partial charge in [-0.05, 0) is 32.1 Å². The van der Waals surface area contributed by atoms with Crippen LogP contribution >= 0.6 is 12.2 Å². The minimum atomic E-state index is -0.812. The minimum absolute atomic E-state index is 0.0471. The highest BCUT2D eigenvalue weighted by molar-refractivity contribution is 7.71. The van der Waals surface area contributed by atoms with Gasteiger partial charge in [0.25, 0.3) is 5.91 Å². The molecule has 0 saturated carbocycles. The number of anilines is 1. The van der Waals surface area contributed by atoms with Crippen molar-refractivity contribution in [2.24, 2.45) is 7.05 Å². The number of carbonyl (C=O) groups is 1. The van der Waals surface area contributed by atoms with Crippen molar-refractivity contribution in [3.8, 4) is 11.4 Å². The number of amides is 1. The summed E-state index contributed by atoms with van der Waals surface area (Å²) < 4.78 is 23.0. The molecule has 1 aliphatic rings. The molecule has 26 heavy (non-hydrogen) atoms. The number of ether oxygens (including phenoxy) is 1. The number of likely N-dealkylation sites (N-methyl/N-ethyl adjacent to an activating group) is 1. The van der Waals surface area contributed by atoms with E-state index in [9.17, 15) is 18.8 Å². The summed E-state index contributed by atoms with van der Waals surface area (Å²) in [7, 11) is 1.41. The van der Waals surface area contributed by atoms with E-state index in [1.165, 1.54) is 22.6 Å². The Kier molecular flexibility index (Phi) is 4.53. The lowest BCUT2D eigenvalue weighted by atomic mass is 10.2. The second kappa shape index (κ2) is 6.52. The van der Waals surface area contributed by atoms with Crippen LogP contribution in [0.15, 0.2) is 21.7 Å². The predicted octanol–water partition coefficient (Wildman–Crippen LogP) is 0.971. The lowest BCUT2D eigenvalue weighted by Crippen LogP contribution is -2.45. The topological polar surface area (TPSA) is 78.5 Å². The van der Waals surface area contributed by atoms with Crippen molar-refractivity contribution < 1.29 is 13.9 Å². The molecular formula is C16H17FN4O4S. The number of hydrogen-bond donors (Lipinski definition) is 0. The van der Waals surface area contributed by atoms with Crippen molar-refractivity contribution >= 4 is 23.8 Å². The van der Waals surface area contributed by atoms with Crippen LogP contribution in [0.4, 0.5) is 10.1 Å². The molecule has 0 bridgehead atoms. The standard InChI is InChI=1S/C16H17FN4O4S/c1-4-19-11-7-10(9(17)6-12(11)25-8-13(19)22)21-14(23)18(3)16(26)20(5-2)15(21)24/h6-7H,4-5,8H2,1-3H3. The SMILES string of the molecule is CCN1C(=O)COc2cc(F)c(-n3c(=O)n(C)c(=S)n(CC)c3=O)cc21. The molecular weight excluding hydrogens is 363 g/mol. The highest BCUT2D eigenvalue weighted by atomic mass is 32.1. The first-order valence-electron chi connectivity index (χ1n) is 8.01. The molecule has 2 heterocycles. The fourth-order valence-corrected chi connectivity index (χ4v) is 3.19. The van der Waals surface area contributed by atoms with Gasteiger partial charge < -0.3 is 9.64 Å². The van der Waals surface area contributed by atoms with Crippen molar-refractivity contribution in [3.05, 3.63) is 43.7 Å². The maximum atomic E-state index is 14.7.